The van der Waals surface area contributed by atoms with E-state index in [1.54, 1.807) is 12.1 Å². The third-order valence-corrected chi connectivity index (χ3v) is 2.92. The van der Waals surface area contributed by atoms with Crippen LogP contribution in [0.4, 0.5) is 0 Å². The van der Waals surface area contributed by atoms with Crippen molar-refractivity contribution >= 4 is 17.6 Å². The van der Waals surface area contributed by atoms with Crippen LogP contribution in [0.15, 0.2) is 12.1 Å². The van der Waals surface area contributed by atoms with Crippen molar-refractivity contribution in [3.63, 3.8) is 0 Å². The molecule has 0 saturated carbocycles. The van der Waals surface area contributed by atoms with Crippen LogP contribution in [0.2, 0.25) is 5.02 Å². The first-order valence-corrected chi connectivity index (χ1v) is 5.33. The number of rotatable bonds is 3. The van der Waals surface area contributed by atoms with Gasteiger partial charge in [-0.2, -0.15) is 0 Å². The number of phenols is 1. The van der Waals surface area contributed by atoms with Crippen LogP contribution < -0.4 is 0 Å². The highest BCUT2D eigenvalue weighted by Gasteiger charge is 2.26. The van der Waals surface area contributed by atoms with E-state index in [0.717, 1.165) is 11.1 Å². The van der Waals surface area contributed by atoms with Gasteiger partial charge in [0.15, 0.2) is 0 Å². The molecule has 0 fully saturated rings. The van der Waals surface area contributed by atoms with Crippen LogP contribution in [-0.2, 0) is 10.2 Å². The summed E-state index contributed by atoms with van der Waals surface area (Å²) in [4.78, 5) is 10.8. The molecule has 0 aliphatic rings. The molecule has 4 heteroatoms. The van der Waals surface area contributed by atoms with Crippen LogP contribution in [-0.4, -0.2) is 16.2 Å². The zero-order chi connectivity index (χ0) is 12.5. The van der Waals surface area contributed by atoms with Crippen molar-refractivity contribution in [2.24, 2.45) is 0 Å². The average molecular weight is 243 g/mol. The van der Waals surface area contributed by atoms with Crippen molar-refractivity contribution in [2.45, 2.75) is 32.6 Å². The van der Waals surface area contributed by atoms with Gasteiger partial charge in [-0.25, -0.2) is 0 Å². The van der Waals surface area contributed by atoms with Gasteiger partial charge in [-0.15, -0.1) is 0 Å². The minimum Gasteiger partial charge on any atom is -0.506 e. The van der Waals surface area contributed by atoms with Crippen molar-refractivity contribution in [1.82, 2.24) is 0 Å². The fourth-order valence-electron chi connectivity index (χ4n) is 1.87. The van der Waals surface area contributed by atoms with Crippen LogP contribution >= 0.6 is 11.6 Å². The molecular formula is C12H15ClO3. The number of aromatic hydroxyl groups is 1. The third kappa shape index (κ3) is 2.67. The summed E-state index contributed by atoms with van der Waals surface area (Å²) in [6.45, 7) is 5.52. The number of benzene rings is 1. The number of carboxylic acids is 1. The zero-order valence-corrected chi connectivity index (χ0v) is 10.3. The highest BCUT2D eigenvalue weighted by atomic mass is 35.5. The van der Waals surface area contributed by atoms with Crippen molar-refractivity contribution in [3.8, 4) is 5.75 Å². The largest absolute Gasteiger partial charge is 0.506 e. The highest BCUT2D eigenvalue weighted by molar-refractivity contribution is 6.32. The summed E-state index contributed by atoms with van der Waals surface area (Å²) >= 11 is 5.83. The van der Waals surface area contributed by atoms with Gasteiger partial charge in [0.1, 0.15) is 5.75 Å². The lowest BCUT2D eigenvalue weighted by molar-refractivity contribution is -0.138. The first-order valence-electron chi connectivity index (χ1n) is 4.95. The van der Waals surface area contributed by atoms with Gasteiger partial charge in [-0.05, 0) is 30.2 Å². The van der Waals surface area contributed by atoms with E-state index in [1.165, 1.54) is 0 Å². The molecule has 0 amide bonds. The number of aliphatic carboxylic acids is 1. The van der Waals surface area contributed by atoms with Crippen molar-refractivity contribution in [2.75, 3.05) is 0 Å². The molecule has 2 N–H and O–H groups in total. The molecule has 0 spiro atoms. The number of phenolic OH excluding ortho intramolecular Hbond substituents is 1. The molecule has 3 nitrogen and oxygen atoms in total. The number of hydrogen-bond acceptors (Lipinski definition) is 2. The lowest BCUT2D eigenvalue weighted by Gasteiger charge is -2.25. The summed E-state index contributed by atoms with van der Waals surface area (Å²) in [7, 11) is 0. The highest BCUT2D eigenvalue weighted by Crippen LogP contribution is 2.35. The van der Waals surface area contributed by atoms with E-state index >= 15 is 0 Å². The van der Waals surface area contributed by atoms with E-state index in [9.17, 15) is 9.90 Å². The second kappa shape index (κ2) is 4.34. The molecule has 0 bridgehead atoms. The normalized spacial score (nSPS) is 11.5. The van der Waals surface area contributed by atoms with E-state index < -0.39 is 11.4 Å². The minimum atomic E-state index is -0.853. The second-order valence-electron chi connectivity index (χ2n) is 4.57. The predicted molar refractivity (Wildman–Crippen MR) is 63.1 cm³/mol. The average Bonchev–Trinajstić information content (AvgIpc) is 2.08. The van der Waals surface area contributed by atoms with Crippen LogP contribution in [0.1, 0.15) is 31.4 Å². The molecule has 0 unspecified atom stereocenters. The Morgan fingerprint density at radius 2 is 2.00 bits per heavy atom. The summed E-state index contributed by atoms with van der Waals surface area (Å²) in [6, 6.07) is 3.19. The molecule has 1 aromatic carbocycles. The molecule has 0 aliphatic heterocycles. The van der Waals surface area contributed by atoms with Crippen LogP contribution in [0, 0.1) is 6.92 Å². The third-order valence-electron chi connectivity index (χ3n) is 2.62. The number of carbonyl (C=O) groups is 1. The Morgan fingerprint density at radius 3 is 2.50 bits per heavy atom. The Labute approximate surface area is 99.7 Å². The van der Waals surface area contributed by atoms with Crippen LogP contribution in [0.25, 0.3) is 0 Å². The Kier molecular flexibility index (Phi) is 3.48. The summed E-state index contributed by atoms with van der Waals surface area (Å²) in [6.07, 6.45) is 0.0228. The van der Waals surface area contributed by atoms with Crippen LogP contribution in [0.5, 0.6) is 5.75 Å². The van der Waals surface area contributed by atoms with Gasteiger partial charge in [-0.3, -0.25) is 4.79 Å². The van der Waals surface area contributed by atoms with E-state index in [1.807, 2.05) is 20.8 Å². The Hall–Kier alpha value is -1.22. The molecule has 0 atom stereocenters. The second-order valence-corrected chi connectivity index (χ2v) is 4.98. The molecule has 1 aromatic rings. The zero-order valence-electron chi connectivity index (χ0n) is 9.54. The number of halogens is 1. The van der Waals surface area contributed by atoms with Crippen molar-refractivity contribution in [3.05, 3.63) is 28.3 Å². The molecule has 0 aromatic heterocycles. The van der Waals surface area contributed by atoms with Crippen LogP contribution in [0.3, 0.4) is 0 Å². The Morgan fingerprint density at radius 1 is 1.44 bits per heavy atom. The van der Waals surface area contributed by atoms with E-state index in [0.29, 0.717) is 0 Å². The number of carboxylic acid groups (broad SMARTS) is 1. The SMILES string of the molecule is Cc1cc(O)c(Cl)cc1C(C)(C)CC(=O)O. The maximum absolute atomic E-state index is 10.8. The fourth-order valence-corrected chi connectivity index (χ4v) is 2.03. The van der Waals surface area contributed by atoms with Gasteiger partial charge in [-0.1, -0.05) is 25.4 Å². The van der Waals surface area contributed by atoms with E-state index in [2.05, 4.69) is 0 Å². The molecular weight excluding hydrogens is 228 g/mol. The summed E-state index contributed by atoms with van der Waals surface area (Å²) in [5.74, 6) is -0.831. The Bertz CT molecular complexity index is 425. The first kappa shape index (κ1) is 12.8. The molecule has 0 aliphatic carbocycles. The molecule has 0 saturated heterocycles. The van der Waals surface area contributed by atoms with Crippen molar-refractivity contribution < 1.29 is 15.0 Å². The lowest BCUT2D eigenvalue weighted by Crippen LogP contribution is -2.22. The Balaban J connectivity index is 3.22. The predicted octanol–water partition coefficient (Wildman–Crippen LogP) is 3.11. The molecule has 1 rings (SSSR count). The smallest absolute Gasteiger partial charge is 0.304 e. The number of hydrogen-bond donors (Lipinski definition) is 2. The maximum Gasteiger partial charge on any atom is 0.304 e. The fraction of sp³-hybridized carbons (Fsp3) is 0.417. The van der Waals surface area contributed by atoms with Gasteiger partial charge in [0, 0.05) is 5.41 Å². The van der Waals surface area contributed by atoms with E-state index in [4.69, 9.17) is 16.7 Å². The maximum atomic E-state index is 10.8. The standard InChI is InChI=1S/C12H15ClO3/c1-7-4-10(14)9(13)5-8(7)12(2,3)6-11(15)16/h4-5,14H,6H2,1-3H3,(H,15,16). The van der Waals surface area contributed by atoms with E-state index in [-0.39, 0.29) is 17.2 Å². The monoisotopic (exact) mass is 242 g/mol. The minimum absolute atomic E-state index is 0.0223. The van der Waals surface area contributed by atoms with Gasteiger partial charge in [0.05, 0.1) is 11.4 Å². The quantitative estimate of drug-likeness (QED) is 0.856. The van der Waals surface area contributed by atoms with Gasteiger partial charge < -0.3 is 10.2 Å². The summed E-state index contributed by atoms with van der Waals surface area (Å²) in [5, 5.41) is 18.5. The van der Waals surface area contributed by atoms with Gasteiger partial charge in [0.25, 0.3) is 0 Å². The van der Waals surface area contributed by atoms with Gasteiger partial charge >= 0.3 is 5.97 Å². The molecule has 0 heterocycles. The lowest BCUT2D eigenvalue weighted by atomic mass is 9.79. The topological polar surface area (TPSA) is 57.5 Å². The summed E-state index contributed by atoms with van der Waals surface area (Å²) < 4.78 is 0. The molecule has 88 valence electrons. The van der Waals surface area contributed by atoms with Gasteiger partial charge in [0.2, 0.25) is 0 Å². The van der Waals surface area contributed by atoms with Crippen molar-refractivity contribution in [1.29, 1.82) is 0 Å². The first-order chi connectivity index (χ1) is 7.24. The summed E-state index contributed by atoms with van der Waals surface area (Å²) in [5.41, 5.74) is 1.18. The number of aryl methyl sites for hydroxylation is 1. The molecule has 0 radical (unpaired) electrons. The molecule has 16 heavy (non-hydrogen) atoms.